The largest absolute Gasteiger partial charge is 0.453 e. The Balaban J connectivity index is 2.22. The Labute approximate surface area is 138 Å². The Hall–Kier alpha value is -3.35. The van der Waals surface area contributed by atoms with E-state index in [9.17, 15) is 14.4 Å². The fourth-order valence-electron chi connectivity index (χ4n) is 1.98. The maximum absolute atomic E-state index is 12.6. The van der Waals surface area contributed by atoms with Crippen LogP contribution in [0.4, 0.5) is 21.0 Å². The average Bonchev–Trinajstić information content (AvgIpc) is 2.61. The summed E-state index contributed by atoms with van der Waals surface area (Å²) in [4.78, 5) is 35.0. The molecule has 2 aromatic rings. The van der Waals surface area contributed by atoms with Gasteiger partial charge in [-0.3, -0.25) is 15.4 Å². The molecule has 2 rings (SSSR count). The molecule has 0 atom stereocenters. The maximum atomic E-state index is 12.6. The number of carbonyl (C=O) groups is 3. The van der Waals surface area contributed by atoms with Crippen LogP contribution in [-0.4, -0.2) is 32.2 Å². The molecule has 0 aliphatic carbocycles. The number of carbonyl (C=O) groups excluding carboxylic acids is 3. The van der Waals surface area contributed by atoms with Gasteiger partial charge in [0.25, 0.3) is 0 Å². The molecule has 124 valence electrons. The molecule has 0 aliphatic rings. The van der Waals surface area contributed by atoms with Crippen molar-refractivity contribution in [3.05, 3.63) is 59.7 Å². The van der Waals surface area contributed by atoms with Gasteiger partial charge in [-0.15, -0.1) is 0 Å². The van der Waals surface area contributed by atoms with Gasteiger partial charge in [0.1, 0.15) is 0 Å². The summed E-state index contributed by atoms with van der Waals surface area (Å²) in [7, 11) is 2.51. The maximum Gasteiger partial charge on any atom is 0.411 e. The van der Waals surface area contributed by atoms with Crippen LogP contribution in [0.25, 0.3) is 0 Å². The third kappa shape index (κ3) is 4.33. The number of anilines is 2. The van der Waals surface area contributed by atoms with Crippen LogP contribution in [0.2, 0.25) is 0 Å². The van der Waals surface area contributed by atoms with E-state index in [0.29, 0.717) is 22.5 Å². The van der Waals surface area contributed by atoms with E-state index >= 15 is 0 Å². The van der Waals surface area contributed by atoms with Gasteiger partial charge in [0.05, 0.1) is 14.2 Å². The second-order valence-electron chi connectivity index (χ2n) is 4.72. The van der Waals surface area contributed by atoms with Gasteiger partial charge in [0.2, 0.25) is 0 Å². The smallest absolute Gasteiger partial charge is 0.411 e. The second kappa shape index (κ2) is 7.77. The highest BCUT2D eigenvalue weighted by Gasteiger charge is 2.12. The Kier molecular flexibility index (Phi) is 5.51. The molecule has 0 fully saturated rings. The Morgan fingerprint density at radius 2 is 1.17 bits per heavy atom. The van der Waals surface area contributed by atoms with Crippen LogP contribution in [0.1, 0.15) is 15.9 Å². The molecule has 0 radical (unpaired) electrons. The van der Waals surface area contributed by atoms with Gasteiger partial charge in [-0.05, 0) is 24.3 Å². The molecule has 7 heteroatoms. The Bertz CT molecular complexity index is 710. The molecule has 0 bridgehead atoms. The van der Waals surface area contributed by atoms with Crippen molar-refractivity contribution in [3.63, 3.8) is 0 Å². The van der Waals surface area contributed by atoms with Gasteiger partial charge in [-0.2, -0.15) is 0 Å². The highest BCUT2D eigenvalue weighted by molar-refractivity contribution is 6.10. The number of hydrogen-bond acceptors (Lipinski definition) is 5. The molecular formula is C17H16N2O5. The first-order chi connectivity index (χ1) is 11.5. The van der Waals surface area contributed by atoms with E-state index in [0.717, 1.165) is 0 Å². The third-order valence-corrected chi connectivity index (χ3v) is 3.11. The number of rotatable bonds is 4. The summed E-state index contributed by atoms with van der Waals surface area (Å²) in [6.07, 6.45) is -1.24. The number of methoxy groups -OCH3 is 2. The first-order valence-electron chi connectivity index (χ1n) is 6.98. The quantitative estimate of drug-likeness (QED) is 0.840. The van der Waals surface area contributed by atoms with Crippen LogP contribution in [0.3, 0.4) is 0 Å². The molecular weight excluding hydrogens is 312 g/mol. The number of ketones is 1. The molecule has 0 saturated heterocycles. The molecule has 2 amide bonds. The van der Waals surface area contributed by atoms with Crippen LogP contribution >= 0.6 is 0 Å². The SMILES string of the molecule is COC(=O)Nc1cccc(C(=O)c2cccc(NC(=O)OC)c2)c1. The number of amides is 2. The van der Waals surface area contributed by atoms with Gasteiger partial charge in [-0.25, -0.2) is 9.59 Å². The first-order valence-corrected chi connectivity index (χ1v) is 6.98. The molecule has 0 spiro atoms. The molecule has 0 unspecified atom stereocenters. The Morgan fingerprint density at radius 1 is 0.750 bits per heavy atom. The minimum atomic E-state index is -0.621. The minimum absolute atomic E-state index is 0.253. The molecule has 7 nitrogen and oxygen atoms in total. The summed E-state index contributed by atoms with van der Waals surface area (Å²) < 4.78 is 9.03. The van der Waals surface area contributed by atoms with E-state index in [1.807, 2.05) is 0 Å². The summed E-state index contributed by atoms with van der Waals surface area (Å²) in [5.74, 6) is -0.253. The lowest BCUT2D eigenvalue weighted by atomic mass is 10.0. The number of hydrogen-bond donors (Lipinski definition) is 2. The molecule has 24 heavy (non-hydrogen) atoms. The first kappa shape index (κ1) is 17.0. The van der Waals surface area contributed by atoms with E-state index in [-0.39, 0.29) is 5.78 Å². The van der Waals surface area contributed by atoms with E-state index < -0.39 is 12.2 Å². The predicted molar refractivity (Wildman–Crippen MR) is 88.4 cm³/mol. The van der Waals surface area contributed by atoms with Gasteiger partial charge in [0, 0.05) is 22.5 Å². The van der Waals surface area contributed by atoms with E-state index in [2.05, 4.69) is 20.1 Å². The van der Waals surface area contributed by atoms with Crippen LogP contribution in [-0.2, 0) is 9.47 Å². The predicted octanol–water partition coefficient (Wildman–Crippen LogP) is 3.27. The topological polar surface area (TPSA) is 93.7 Å². The zero-order valence-electron chi connectivity index (χ0n) is 13.2. The Morgan fingerprint density at radius 3 is 1.54 bits per heavy atom. The fourth-order valence-corrected chi connectivity index (χ4v) is 1.98. The highest BCUT2D eigenvalue weighted by atomic mass is 16.5. The number of nitrogens with one attached hydrogen (secondary N) is 2. The summed E-state index contributed by atoms with van der Waals surface area (Å²) in [6.45, 7) is 0. The zero-order chi connectivity index (χ0) is 17.5. The van der Waals surface area contributed by atoms with Crippen molar-refractivity contribution in [1.82, 2.24) is 0 Å². The monoisotopic (exact) mass is 328 g/mol. The van der Waals surface area contributed by atoms with Crippen molar-refractivity contribution in [2.75, 3.05) is 24.9 Å². The number of ether oxygens (including phenoxy) is 2. The normalized spacial score (nSPS) is 9.75. The van der Waals surface area contributed by atoms with Crippen molar-refractivity contribution in [2.45, 2.75) is 0 Å². The van der Waals surface area contributed by atoms with E-state index in [1.54, 1.807) is 48.5 Å². The zero-order valence-corrected chi connectivity index (χ0v) is 13.2. The third-order valence-electron chi connectivity index (χ3n) is 3.11. The van der Waals surface area contributed by atoms with Crippen molar-refractivity contribution in [2.24, 2.45) is 0 Å². The highest BCUT2D eigenvalue weighted by Crippen LogP contribution is 2.18. The fraction of sp³-hybridized carbons (Fsp3) is 0.118. The van der Waals surface area contributed by atoms with Gasteiger partial charge < -0.3 is 9.47 Å². The lowest BCUT2D eigenvalue weighted by molar-refractivity contribution is 0.103. The summed E-state index contributed by atoms with van der Waals surface area (Å²) in [5.41, 5.74) is 1.66. The van der Waals surface area contributed by atoms with Crippen molar-refractivity contribution < 1.29 is 23.9 Å². The van der Waals surface area contributed by atoms with Crippen LogP contribution < -0.4 is 10.6 Å². The van der Waals surface area contributed by atoms with Gasteiger partial charge >= 0.3 is 12.2 Å². The van der Waals surface area contributed by atoms with Crippen molar-refractivity contribution in [1.29, 1.82) is 0 Å². The van der Waals surface area contributed by atoms with Crippen LogP contribution in [0.5, 0.6) is 0 Å². The second-order valence-corrected chi connectivity index (χ2v) is 4.72. The molecule has 0 aliphatic heterocycles. The minimum Gasteiger partial charge on any atom is -0.453 e. The lowest BCUT2D eigenvalue weighted by Gasteiger charge is -2.08. The van der Waals surface area contributed by atoms with Crippen molar-refractivity contribution >= 4 is 29.3 Å². The summed E-state index contributed by atoms with van der Waals surface area (Å²) >= 11 is 0. The summed E-state index contributed by atoms with van der Waals surface area (Å²) in [5, 5.41) is 4.99. The van der Waals surface area contributed by atoms with Crippen molar-refractivity contribution in [3.8, 4) is 0 Å². The summed E-state index contributed by atoms with van der Waals surface area (Å²) in [6, 6.07) is 12.9. The van der Waals surface area contributed by atoms with E-state index in [4.69, 9.17) is 0 Å². The molecule has 2 N–H and O–H groups in total. The average molecular weight is 328 g/mol. The van der Waals surface area contributed by atoms with E-state index in [1.165, 1.54) is 14.2 Å². The molecule has 2 aromatic carbocycles. The standard InChI is InChI=1S/C17H16N2O5/c1-23-16(21)18-13-7-3-5-11(9-13)15(20)12-6-4-8-14(10-12)19-17(22)24-2/h3-10H,1-2H3,(H,18,21)(H,19,22). The van der Waals surface area contributed by atoms with Crippen LogP contribution in [0.15, 0.2) is 48.5 Å². The van der Waals surface area contributed by atoms with Gasteiger partial charge in [-0.1, -0.05) is 24.3 Å². The molecule has 0 heterocycles. The molecule has 0 aromatic heterocycles. The van der Waals surface area contributed by atoms with Gasteiger partial charge in [0.15, 0.2) is 5.78 Å². The van der Waals surface area contributed by atoms with Crippen LogP contribution in [0, 0.1) is 0 Å². The molecule has 0 saturated carbocycles. The number of benzene rings is 2. The lowest BCUT2D eigenvalue weighted by Crippen LogP contribution is -2.12.